The minimum absolute atomic E-state index is 0.353. The molecular formula is C15H18N4O. The van der Waals surface area contributed by atoms with Gasteiger partial charge in [0, 0.05) is 11.3 Å². The summed E-state index contributed by atoms with van der Waals surface area (Å²) in [5.74, 6) is 7.79. The van der Waals surface area contributed by atoms with Gasteiger partial charge < -0.3 is 10.2 Å². The third kappa shape index (κ3) is 2.72. The Hall–Kier alpha value is -2.14. The van der Waals surface area contributed by atoms with Crippen LogP contribution in [0.2, 0.25) is 0 Å². The Morgan fingerprint density at radius 2 is 1.90 bits per heavy atom. The van der Waals surface area contributed by atoms with E-state index in [-0.39, 0.29) is 0 Å². The molecule has 104 valence electrons. The second kappa shape index (κ2) is 5.88. The first-order valence-electron chi connectivity index (χ1n) is 6.90. The average molecular weight is 270 g/mol. The Labute approximate surface area is 118 Å². The molecule has 1 aliphatic carbocycles. The van der Waals surface area contributed by atoms with Gasteiger partial charge in [-0.25, -0.2) is 15.8 Å². The van der Waals surface area contributed by atoms with E-state index in [0.717, 1.165) is 35.7 Å². The molecule has 1 aliphatic rings. The largest absolute Gasteiger partial charge is 0.486 e. The highest BCUT2D eigenvalue weighted by Gasteiger charge is 2.17. The lowest BCUT2D eigenvalue weighted by atomic mass is 9.96. The second-order valence-electron chi connectivity index (χ2n) is 4.87. The molecule has 0 saturated heterocycles. The Morgan fingerprint density at radius 3 is 2.70 bits per heavy atom. The van der Waals surface area contributed by atoms with E-state index in [0.29, 0.717) is 12.4 Å². The molecule has 0 aliphatic heterocycles. The average Bonchev–Trinajstić information content (AvgIpc) is 2.53. The quantitative estimate of drug-likeness (QED) is 0.658. The van der Waals surface area contributed by atoms with Crippen molar-refractivity contribution in [1.82, 2.24) is 9.97 Å². The number of ether oxygens (including phenoxy) is 1. The van der Waals surface area contributed by atoms with Crippen LogP contribution < -0.4 is 16.0 Å². The highest BCUT2D eigenvalue weighted by Crippen LogP contribution is 2.25. The third-order valence-corrected chi connectivity index (χ3v) is 3.48. The molecule has 0 fully saturated rings. The zero-order chi connectivity index (χ0) is 13.8. The standard InChI is InChI=1S/C15H18N4O/c16-19-15-12-8-4-5-9-13(12)17-14(18-15)10-20-11-6-2-1-3-7-11/h1-3,6-7H,4-5,8-10,16H2,(H,17,18,19). The summed E-state index contributed by atoms with van der Waals surface area (Å²) in [6.07, 6.45) is 4.33. The van der Waals surface area contributed by atoms with Crippen LogP contribution in [-0.4, -0.2) is 9.97 Å². The molecule has 3 rings (SSSR count). The van der Waals surface area contributed by atoms with Gasteiger partial charge in [0.2, 0.25) is 0 Å². The zero-order valence-electron chi connectivity index (χ0n) is 11.3. The minimum Gasteiger partial charge on any atom is -0.486 e. The summed E-state index contributed by atoms with van der Waals surface area (Å²) < 4.78 is 5.69. The predicted octanol–water partition coefficient (Wildman–Crippen LogP) is 2.22. The van der Waals surface area contributed by atoms with Crippen molar-refractivity contribution in [1.29, 1.82) is 0 Å². The number of hydrazine groups is 1. The molecule has 0 amide bonds. The number of rotatable bonds is 4. The van der Waals surface area contributed by atoms with E-state index in [9.17, 15) is 0 Å². The van der Waals surface area contributed by atoms with Crippen LogP contribution in [0.15, 0.2) is 30.3 Å². The number of fused-ring (bicyclic) bond motifs is 1. The Bertz CT molecular complexity index is 569. The van der Waals surface area contributed by atoms with Gasteiger partial charge in [-0.1, -0.05) is 18.2 Å². The first kappa shape index (κ1) is 12.9. The van der Waals surface area contributed by atoms with E-state index in [1.54, 1.807) is 0 Å². The van der Waals surface area contributed by atoms with Gasteiger partial charge in [-0.2, -0.15) is 0 Å². The molecule has 0 atom stereocenters. The molecule has 0 bridgehead atoms. The van der Waals surface area contributed by atoms with E-state index in [2.05, 4.69) is 15.4 Å². The van der Waals surface area contributed by atoms with Crippen LogP contribution in [0.1, 0.15) is 29.9 Å². The summed E-state index contributed by atoms with van der Waals surface area (Å²) in [4.78, 5) is 9.05. The SMILES string of the molecule is NNc1nc(COc2ccccc2)nc2c1CCCC2. The molecular weight excluding hydrogens is 252 g/mol. The number of aryl methyl sites for hydroxylation is 1. The summed E-state index contributed by atoms with van der Waals surface area (Å²) >= 11 is 0. The molecule has 0 saturated carbocycles. The lowest BCUT2D eigenvalue weighted by Crippen LogP contribution is -2.18. The van der Waals surface area contributed by atoms with Gasteiger partial charge >= 0.3 is 0 Å². The number of para-hydroxylation sites is 1. The van der Waals surface area contributed by atoms with Crippen LogP contribution in [0.4, 0.5) is 5.82 Å². The van der Waals surface area contributed by atoms with Gasteiger partial charge in [0.1, 0.15) is 18.2 Å². The number of nitrogen functional groups attached to an aromatic ring is 1. The number of aromatic nitrogens is 2. The van der Waals surface area contributed by atoms with Crippen molar-refractivity contribution in [3.8, 4) is 5.75 Å². The van der Waals surface area contributed by atoms with Crippen LogP contribution in [0.3, 0.4) is 0 Å². The Balaban J connectivity index is 1.79. The lowest BCUT2D eigenvalue weighted by Gasteiger charge is -2.18. The fraction of sp³-hybridized carbons (Fsp3) is 0.333. The number of nitrogens with one attached hydrogen (secondary N) is 1. The molecule has 0 radical (unpaired) electrons. The molecule has 0 spiro atoms. The van der Waals surface area contributed by atoms with Crippen molar-refractivity contribution >= 4 is 5.82 Å². The smallest absolute Gasteiger partial charge is 0.168 e. The lowest BCUT2D eigenvalue weighted by molar-refractivity contribution is 0.295. The number of benzene rings is 1. The predicted molar refractivity (Wildman–Crippen MR) is 77.3 cm³/mol. The van der Waals surface area contributed by atoms with Crippen LogP contribution in [0.25, 0.3) is 0 Å². The number of hydrogen-bond acceptors (Lipinski definition) is 5. The molecule has 20 heavy (non-hydrogen) atoms. The van der Waals surface area contributed by atoms with Gasteiger partial charge in [0.25, 0.3) is 0 Å². The van der Waals surface area contributed by atoms with Gasteiger partial charge in [0.05, 0.1) is 0 Å². The molecule has 2 aromatic rings. The molecule has 1 aromatic carbocycles. The van der Waals surface area contributed by atoms with Crippen LogP contribution in [0.5, 0.6) is 5.75 Å². The van der Waals surface area contributed by atoms with Crippen molar-refractivity contribution in [3.63, 3.8) is 0 Å². The fourth-order valence-electron chi connectivity index (χ4n) is 2.49. The van der Waals surface area contributed by atoms with Crippen molar-refractivity contribution in [3.05, 3.63) is 47.4 Å². The maximum Gasteiger partial charge on any atom is 0.168 e. The summed E-state index contributed by atoms with van der Waals surface area (Å²) in [6, 6.07) is 9.67. The summed E-state index contributed by atoms with van der Waals surface area (Å²) in [6.45, 7) is 0.353. The molecule has 1 aromatic heterocycles. The van der Waals surface area contributed by atoms with Crippen molar-refractivity contribution < 1.29 is 4.74 Å². The summed E-state index contributed by atoms with van der Waals surface area (Å²) in [7, 11) is 0. The van der Waals surface area contributed by atoms with Crippen LogP contribution >= 0.6 is 0 Å². The Morgan fingerprint density at radius 1 is 1.10 bits per heavy atom. The van der Waals surface area contributed by atoms with E-state index >= 15 is 0 Å². The van der Waals surface area contributed by atoms with Crippen molar-refractivity contribution in [2.45, 2.75) is 32.3 Å². The van der Waals surface area contributed by atoms with E-state index in [4.69, 9.17) is 10.6 Å². The van der Waals surface area contributed by atoms with Gasteiger partial charge in [0.15, 0.2) is 5.82 Å². The monoisotopic (exact) mass is 270 g/mol. The first-order chi connectivity index (χ1) is 9.86. The topological polar surface area (TPSA) is 73.1 Å². The number of anilines is 1. The number of hydrogen-bond donors (Lipinski definition) is 2. The number of nitrogens with zero attached hydrogens (tertiary/aromatic N) is 2. The van der Waals surface area contributed by atoms with Crippen LogP contribution in [-0.2, 0) is 19.4 Å². The third-order valence-electron chi connectivity index (χ3n) is 3.48. The van der Waals surface area contributed by atoms with Gasteiger partial charge in [-0.15, -0.1) is 0 Å². The van der Waals surface area contributed by atoms with E-state index < -0.39 is 0 Å². The molecule has 0 unspecified atom stereocenters. The molecule has 1 heterocycles. The fourth-order valence-corrected chi connectivity index (χ4v) is 2.49. The highest BCUT2D eigenvalue weighted by atomic mass is 16.5. The second-order valence-corrected chi connectivity index (χ2v) is 4.87. The molecule has 5 nitrogen and oxygen atoms in total. The maximum atomic E-state index is 5.69. The summed E-state index contributed by atoms with van der Waals surface area (Å²) in [5.41, 5.74) is 4.94. The van der Waals surface area contributed by atoms with Gasteiger partial charge in [-0.3, -0.25) is 0 Å². The highest BCUT2D eigenvalue weighted by molar-refractivity contribution is 5.46. The van der Waals surface area contributed by atoms with E-state index in [1.165, 1.54) is 12.8 Å². The minimum atomic E-state index is 0.353. The van der Waals surface area contributed by atoms with Crippen LogP contribution in [0, 0.1) is 0 Å². The normalized spacial score (nSPS) is 13.7. The van der Waals surface area contributed by atoms with Crippen molar-refractivity contribution in [2.75, 3.05) is 5.43 Å². The maximum absolute atomic E-state index is 5.69. The zero-order valence-corrected chi connectivity index (χ0v) is 11.3. The summed E-state index contributed by atoms with van der Waals surface area (Å²) in [5, 5.41) is 0. The number of nitrogens with two attached hydrogens (primary N) is 1. The molecule has 5 heteroatoms. The Kier molecular flexibility index (Phi) is 3.78. The first-order valence-corrected chi connectivity index (χ1v) is 6.90. The molecule has 3 N–H and O–H groups in total. The van der Waals surface area contributed by atoms with E-state index in [1.807, 2.05) is 30.3 Å². The van der Waals surface area contributed by atoms with Gasteiger partial charge in [-0.05, 0) is 37.8 Å². The van der Waals surface area contributed by atoms with Crippen molar-refractivity contribution in [2.24, 2.45) is 5.84 Å².